The van der Waals surface area contributed by atoms with Gasteiger partial charge in [-0.15, -0.1) is 0 Å². The molecule has 2 aromatic carbocycles. The molecule has 0 bridgehead atoms. The molecule has 236 valence electrons. The van der Waals surface area contributed by atoms with Gasteiger partial charge in [0.05, 0.1) is 33.6 Å². The first-order chi connectivity index (χ1) is 21.8. The number of imidazole rings is 1. The first-order valence-corrected chi connectivity index (χ1v) is 14.5. The van der Waals surface area contributed by atoms with Crippen LogP contribution in [0.15, 0.2) is 67.3 Å². The minimum Gasteiger partial charge on any atom is -0.497 e. The maximum atomic E-state index is 13.9. The molecule has 13 heteroatoms. The van der Waals surface area contributed by atoms with Gasteiger partial charge in [-0.2, -0.15) is 4.98 Å². The van der Waals surface area contributed by atoms with Crippen molar-refractivity contribution in [2.24, 2.45) is 0 Å². The topological polar surface area (TPSA) is 133 Å². The zero-order valence-corrected chi connectivity index (χ0v) is 26.0. The molecule has 2 aromatic heterocycles. The smallest absolute Gasteiger partial charge is 0.415 e. The van der Waals surface area contributed by atoms with Crippen LogP contribution in [0.3, 0.4) is 0 Å². The number of aromatic nitrogens is 4. The lowest BCUT2D eigenvalue weighted by Gasteiger charge is -2.40. The molecule has 1 saturated heterocycles. The molecule has 5 rings (SSSR count). The SMILES string of the molecule is COc1ccc(OC(=O)N2CCN(c3cc(C(C)C)nc(-n4ccnc4)n3)C(C(=O)NCc3ccc(OC)cc3OC)C2)cc1. The summed E-state index contributed by atoms with van der Waals surface area (Å²) in [6.45, 7) is 5.01. The van der Waals surface area contributed by atoms with Crippen LogP contribution < -0.4 is 29.2 Å². The summed E-state index contributed by atoms with van der Waals surface area (Å²) in [4.78, 5) is 44.3. The number of hydrogen-bond donors (Lipinski definition) is 1. The van der Waals surface area contributed by atoms with Crippen molar-refractivity contribution in [3.8, 4) is 28.9 Å². The second-order valence-corrected chi connectivity index (χ2v) is 10.7. The molecule has 3 heterocycles. The van der Waals surface area contributed by atoms with Crippen LogP contribution in [0.1, 0.15) is 31.0 Å². The Kier molecular flexibility index (Phi) is 9.66. The van der Waals surface area contributed by atoms with Gasteiger partial charge in [0.1, 0.15) is 41.2 Å². The number of anilines is 1. The van der Waals surface area contributed by atoms with Crippen LogP contribution >= 0.6 is 0 Å². The molecule has 4 aromatic rings. The van der Waals surface area contributed by atoms with E-state index >= 15 is 0 Å². The highest BCUT2D eigenvalue weighted by Gasteiger charge is 2.36. The van der Waals surface area contributed by atoms with E-state index in [1.165, 1.54) is 4.90 Å². The number of carbonyl (C=O) groups excluding carboxylic acids is 2. The molecule has 1 fully saturated rings. The normalized spacial score (nSPS) is 14.7. The molecular formula is C32H37N7O6. The van der Waals surface area contributed by atoms with Gasteiger partial charge in [0.25, 0.3) is 0 Å². The van der Waals surface area contributed by atoms with Gasteiger partial charge in [0.2, 0.25) is 11.9 Å². The number of nitrogens with one attached hydrogen (secondary N) is 1. The Morgan fingerprint density at radius 1 is 0.933 bits per heavy atom. The van der Waals surface area contributed by atoms with Crippen LogP contribution in [0, 0.1) is 0 Å². The first kappa shape index (κ1) is 31.1. The molecule has 1 unspecified atom stereocenters. The molecule has 1 aliphatic rings. The molecule has 0 saturated carbocycles. The van der Waals surface area contributed by atoms with Crippen molar-refractivity contribution in [3.05, 3.63) is 78.5 Å². The van der Waals surface area contributed by atoms with E-state index in [-0.39, 0.29) is 24.9 Å². The predicted octanol–water partition coefficient (Wildman–Crippen LogP) is 3.82. The van der Waals surface area contributed by atoms with E-state index in [4.69, 9.17) is 28.9 Å². The number of rotatable bonds is 10. The second-order valence-electron chi connectivity index (χ2n) is 10.7. The van der Waals surface area contributed by atoms with E-state index in [0.29, 0.717) is 47.9 Å². The van der Waals surface area contributed by atoms with Gasteiger partial charge in [-0.05, 0) is 42.3 Å². The number of amides is 2. The minimum atomic E-state index is -0.781. The fourth-order valence-electron chi connectivity index (χ4n) is 4.93. The van der Waals surface area contributed by atoms with Crippen molar-refractivity contribution in [1.29, 1.82) is 0 Å². The van der Waals surface area contributed by atoms with E-state index in [2.05, 4.69) is 10.3 Å². The van der Waals surface area contributed by atoms with E-state index in [9.17, 15) is 9.59 Å². The summed E-state index contributed by atoms with van der Waals surface area (Å²) in [5.41, 5.74) is 1.59. The minimum absolute atomic E-state index is 0.0714. The van der Waals surface area contributed by atoms with Crippen LogP contribution in [0.2, 0.25) is 0 Å². The number of carbonyl (C=O) groups is 2. The fraction of sp³-hybridized carbons (Fsp3) is 0.344. The largest absolute Gasteiger partial charge is 0.497 e. The van der Waals surface area contributed by atoms with Crippen molar-refractivity contribution < 1.29 is 28.5 Å². The molecule has 2 amide bonds. The molecule has 45 heavy (non-hydrogen) atoms. The van der Waals surface area contributed by atoms with Gasteiger partial charge in [0, 0.05) is 49.7 Å². The van der Waals surface area contributed by atoms with Crippen molar-refractivity contribution in [2.45, 2.75) is 32.4 Å². The summed E-state index contributed by atoms with van der Waals surface area (Å²) in [6, 6.07) is 13.3. The molecule has 1 atom stereocenters. The average molecular weight is 616 g/mol. The molecular weight excluding hydrogens is 578 g/mol. The molecule has 13 nitrogen and oxygen atoms in total. The summed E-state index contributed by atoms with van der Waals surface area (Å²) in [5, 5.41) is 3.03. The highest BCUT2D eigenvalue weighted by Crippen LogP contribution is 2.27. The van der Waals surface area contributed by atoms with E-state index < -0.39 is 12.1 Å². The summed E-state index contributed by atoms with van der Waals surface area (Å²) in [7, 11) is 4.71. The standard InChI is InChI=1S/C32H37N7O6/c1-21(2)26-17-29(36-31(35-26)38-13-12-33-20-38)39-15-14-37(32(41)45-24-10-8-23(42-3)9-11-24)19-27(39)30(40)34-18-22-6-7-25(43-4)16-28(22)44-5/h6-13,16-17,20-21,27H,14-15,18-19H2,1-5H3,(H,34,40). The zero-order chi connectivity index (χ0) is 31.9. The first-order valence-electron chi connectivity index (χ1n) is 14.5. The lowest BCUT2D eigenvalue weighted by atomic mass is 10.1. The van der Waals surface area contributed by atoms with Crippen molar-refractivity contribution in [3.63, 3.8) is 0 Å². The molecule has 1 N–H and O–H groups in total. The van der Waals surface area contributed by atoms with Crippen LogP contribution in [-0.4, -0.2) is 83.4 Å². The Morgan fingerprint density at radius 3 is 2.33 bits per heavy atom. The number of ether oxygens (including phenoxy) is 4. The molecule has 0 spiro atoms. The number of hydrogen-bond acceptors (Lipinski definition) is 10. The Bertz CT molecular complexity index is 1610. The van der Waals surface area contributed by atoms with Gasteiger partial charge >= 0.3 is 6.09 Å². The molecule has 1 aliphatic heterocycles. The van der Waals surface area contributed by atoms with E-state index in [1.807, 2.05) is 30.9 Å². The lowest BCUT2D eigenvalue weighted by molar-refractivity contribution is -0.123. The third-order valence-electron chi connectivity index (χ3n) is 7.49. The summed E-state index contributed by atoms with van der Waals surface area (Å²) < 4.78 is 23.4. The van der Waals surface area contributed by atoms with Crippen molar-refractivity contribution in [1.82, 2.24) is 29.7 Å². The average Bonchev–Trinajstić information content (AvgIpc) is 3.62. The molecule has 0 aliphatic carbocycles. The van der Waals surface area contributed by atoms with Gasteiger partial charge in [-0.25, -0.2) is 14.8 Å². The Labute approximate surface area is 261 Å². The van der Waals surface area contributed by atoms with Crippen LogP contribution in [0.5, 0.6) is 23.0 Å². The summed E-state index contributed by atoms with van der Waals surface area (Å²) in [6.07, 6.45) is 4.49. The zero-order valence-electron chi connectivity index (χ0n) is 26.0. The molecule has 0 radical (unpaired) electrons. The Balaban J connectivity index is 1.42. The van der Waals surface area contributed by atoms with Crippen molar-refractivity contribution >= 4 is 17.8 Å². The number of piperazine rings is 1. The monoisotopic (exact) mass is 615 g/mol. The number of benzene rings is 2. The Morgan fingerprint density at radius 2 is 1.67 bits per heavy atom. The summed E-state index contributed by atoms with van der Waals surface area (Å²) in [5.74, 6) is 3.08. The number of methoxy groups -OCH3 is 3. The predicted molar refractivity (Wildman–Crippen MR) is 166 cm³/mol. The van der Waals surface area contributed by atoms with Gasteiger partial charge in [-0.3, -0.25) is 9.36 Å². The van der Waals surface area contributed by atoms with Crippen LogP contribution in [-0.2, 0) is 11.3 Å². The van der Waals surface area contributed by atoms with Gasteiger partial charge < -0.3 is 34.1 Å². The van der Waals surface area contributed by atoms with E-state index in [1.54, 1.807) is 81.0 Å². The maximum Gasteiger partial charge on any atom is 0.415 e. The third-order valence-corrected chi connectivity index (χ3v) is 7.49. The highest BCUT2D eigenvalue weighted by molar-refractivity contribution is 5.86. The van der Waals surface area contributed by atoms with Gasteiger partial charge in [-0.1, -0.05) is 13.8 Å². The summed E-state index contributed by atoms with van der Waals surface area (Å²) >= 11 is 0. The maximum absolute atomic E-state index is 13.9. The Hall–Kier alpha value is -5.33. The fourth-order valence-corrected chi connectivity index (χ4v) is 4.93. The van der Waals surface area contributed by atoms with Crippen molar-refractivity contribution in [2.75, 3.05) is 45.9 Å². The van der Waals surface area contributed by atoms with E-state index in [0.717, 1.165) is 11.3 Å². The lowest BCUT2D eigenvalue weighted by Crippen LogP contribution is -2.61. The number of nitrogens with zero attached hydrogens (tertiary/aromatic N) is 6. The van der Waals surface area contributed by atoms with Crippen LogP contribution in [0.4, 0.5) is 10.6 Å². The van der Waals surface area contributed by atoms with Crippen LogP contribution in [0.25, 0.3) is 5.95 Å². The van der Waals surface area contributed by atoms with Gasteiger partial charge in [0.15, 0.2) is 0 Å². The quantitative estimate of drug-likeness (QED) is 0.281. The second kappa shape index (κ2) is 14.0. The third kappa shape index (κ3) is 7.25. The highest BCUT2D eigenvalue weighted by atomic mass is 16.6.